The lowest BCUT2D eigenvalue weighted by molar-refractivity contribution is 0.254. The zero-order chi connectivity index (χ0) is 11.1. The van der Waals surface area contributed by atoms with Crippen LogP contribution in [0.3, 0.4) is 0 Å². The standard InChI is InChI=1S/C11H20N4/c1-8-5-12-7-11(3,13-8)10-6-15(4)14-9(10)2/h6,8,12-13H,5,7H2,1-4H3. The molecule has 0 radical (unpaired) electrons. The first kappa shape index (κ1) is 10.6. The smallest absolute Gasteiger partial charge is 0.0644 e. The van der Waals surface area contributed by atoms with E-state index in [9.17, 15) is 0 Å². The fourth-order valence-electron chi connectivity index (χ4n) is 2.50. The zero-order valence-electron chi connectivity index (χ0n) is 9.96. The molecule has 1 aromatic rings. The Morgan fingerprint density at radius 2 is 2.33 bits per heavy atom. The number of rotatable bonds is 1. The molecule has 1 aliphatic rings. The summed E-state index contributed by atoms with van der Waals surface area (Å²) in [6, 6.07) is 0.503. The van der Waals surface area contributed by atoms with E-state index in [4.69, 9.17) is 0 Å². The molecule has 1 fully saturated rings. The van der Waals surface area contributed by atoms with Gasteiger partial charge in [0.05, 0.1) is 11.2 Å². The largest absolute Gasteiger partial charge is 0.313 e. The topological polar surface area (TPSA) is 41.9 Å². The maximum atomic E-state index is 4.41. The summed E-state index contributed by atoms with van der Waals surface area (Å²) in [6.07, 6.45) is 2.11. The van der Waals surface area contributed by atoms with Gasteiger partial charge in [-0.15, -0.1) is 0 Å². The van der Waals surface area contributed by atoms with Crippen molar-refractivity contribution in [1.29, 1.82) is 0 Å². The van der Waals surface area contributed by atoms with Gasteiger partial charge >= 0.3 is 0 Å². The molecule has 2 heterocycles. The minimum atomic E-state index is 0.00993. The van der Waals surface area contributed by atoms with E-state index in [-0.39, 0.29) is 5.54 Å². The summed E-state index contributed by atoms with van der Waals surface area (Å²) in [4.78, 5) is 0. The van der Waals surface area contributed by atoms with Crippen molar-refractivity contribution in [3.63, 3.8) is 0 Å². The summed E-state index contributed by atoms with van der Waals surface area (Å²) in [7, 11) is 1.97. The predicted molar refractivity (Wildman–Crippen MR) is 60.8 cm³/mol. The lowest BCUT2D eigenvalue weighted by Crippen LogP contribution is -2.59. The first-order chi connectivity index (χ1) is 7.01. The van der Waals surface area contributed by atoms with E-state index in [1.165, 1.54) is 5.56 Å². The Morgan fingerprint density at radius 3 is 2.87 bits per heavy atom. The van der Waals surface area contributed by atoms with Gasteiger partial charge in [0.25, 0.3) is 0 Å². The number of nitrogens with zero attached hydrogens (tertiary/aromatic N) is 2. The van der Waals surface area contributed by atoms with Crippen LogP contribution < -0.4 is 10.6 Å². The average Bonchev–Trinajstić information content (AvgIpc) is 2.45. The number of aryl methyl sites for hydroxylation is 2. The molecule has 4 nitrogen and oxygen atoms in total. The zero-order valence-corrected chi connectivity index (χ0v) is 9.96. The van der Waals surface area contributed by atoms with Crippen molar-refractivity contribution in [2.45, 2.75) is 32.4 Å². The molecule has 1 aromatic heterocycles. The van der Waals surface area contributed by atoms with Crippen LogP contribution in [-0.2, 0) is 12.6 Å². The van der Waals surface area contributed by atoms with Gasteiger partial charge in [0.15, 0.2) is 0 Å². The highest BCUT2D eigenvalue weighted by molar-refractivity contribution is 5.26. The highest BCUT2D eigenvalue weighted by atomic mass is 15.3. The lowest BCUT2D eigenvalue weighted by atomic mass is 9.89. The first-order valence-electron chi connectivity index (χ1n) is 5.50. The summed E-state index contributed by atoms with van der Waals surface area (Å²) in [6.45, 7) is 8.51. The van der Waals surface area contributed by atoms with Crippen molar-refractivity contribution in [2.75, 3.05) is 13.1 Å². The van der Waals surface area contributed by atoms with Crippen molar-refractivity contribution >= 4 is 0 Å². The molecule has 84 valence electrons. The van der Waals surface area contributed by atoms with Gasteiger partial charge in [-0.05, 0) is 20.8 Å². The molecule has 4 heteroatoms. The van der Waals surface area contributed by atoms with Crippen molar-refractivity contribution in [3.05, 3.63) is 17.5 Å². The average molecular weight is 208 g/mol. The molecule has 2 N–H and O–H groups in total. The highest BCUT2D eigenvalue weighted by Gasteiger charge is 2.33. The normalized spacial score (nSPS) is 31.9. The van der Waals surface area contributed by atoms with Crippen LogP contribution in [0.1, 0.15) is 25.1 Å². The van der Waals surface area contributed by atoms with Crippen LogP contribution in [0.25, 0.3) is 0 Å². The van der Waals surface area contributed by atoms with Gasteiger partial charge in [-0.1, -0.05) is 0 Å². The molecule has 0 spiro atoms. The Kier molecular flexibility index (Phi) is 2.56. The summed E-state index contributed by atoms with van der Waals surface area (Å²) in [5.41, 5.74) is 2.42. The van der Waals surface area contributed by atoms with Crippen LogP contribution in [0.5, 0.6) is 0 Å². The Labute approximate surface area is 91.1 Å². The molecule has 0 aromatic carbocycles. The van der Waals surface area contributed by atoms with Crippen LogP contribution in [-0.4, -0.2) is 28.9 Å². The Morgan fingerprint density at radius 1 is 1.60 bits per heavy atom. The summed E-state index contributed by atoms with van der Waals surface area (Å²) in [5, 5.41) is 11.5. The van der Waals surface area contributed by atoms with Crippen LogP contribution in [0.15, 0.2) is 6.20 Å². The molecule has 1 aliphatic heterocycles. The van der Waals surface area contributed by atoms with Crippen LogP contribution in [0.2, 0.25) is 0 Å². The van der Waals surface area contributed by atoms with Gasteiger partial charge in [-0.3, -0.25) is 4.68 Å². The molecule has 15 heavy (non-hydrogen) atoms. The van der Waals surface area contributed by atoms with Gasteiger partial charge < -0.3 is 10.6 Å². The maximum absolute atomic E-state index is 4.41. The summed E-state index contributed by atoms with van der Waals surface area (Å²) in [5.74, 6) is 0. The summed E-state index contributed by atoms with van der Waals surface area (Å²) >= 11 is 0. The number of hydrogen-bond donors (Lipinski definition) is 2. The quantitative estimate of drug-likeness (QED) is 0.707. The number of piperazine rings is 1. The van der Waals surface area contributed by atoms with Gasteiger partial charge in [-0.25, -0.2) is 0 Å². The van der Waals surface area contributed by atoms with E-state index in [1.807, 2.05) is 11.7 Å². The Hall–Kier alpha value is -0.870. The number of aromatic nitrogens is 2. The van der Waals surface area contributed by atoms with E-state index in [2.05, 4.69) is 42.7 Å². The lowest BCUT2D eigenvalue weighted by Gasteiger charge is -2.39. The minimum absolute atomic E-state index is 0.00993. The fourth-order valence-corrected chi connectivity index (χ4v) is 2.50. The highest BCUT2D eigenvalue weighted by Crippen LogP contribution is 2.24. The molecule has 0 bridgehead atoms. The third kappa shape index (κ3) is 1.92. The Bertz CT molecular complexity index is 357. The third-order valence-corrected chi connectivity index (χ3v) is 3.10. The SMILES string of the molecule is Cc1nn(C)cc1C1(C)CNCC(C)N1. The fraction of sp³-hybridized carbons (Fsp3) is 0.727. The van der Waals surface area contributed by atoms with Gasteiger partial charge in [-0.2, -0.15) is 5.10 Å². The molecule has 2 atom stereocenters. The second kappa shape index (κ2) is 3.61. The molecule has 0 amide bonds. The third-order valence-electron chi connectivity index (χ3n) is 3.10. The van der Waals surface area contributed by atoms with Crippen LogP contribution in [0, 0.1) is 6.92 Å². The van der Waals surface area contributed by atoms with Gasteiger partial charge in [0, 0.05) is 37.9 Å². The van der Waals surface area contributed by atoms with E-state index >= 15 is 0 Å². The van der Waals surface area contributed by atoms with Gasteiger partial charge in [0.2, 0.25) is 0 Å². The molecular formula is C11H20N4. The second-order valence-electron chi connectivity index (χ2n) is 4.81. The van der Waals surface area contributed by atoms with Crippen molar-refractivity contribution in [3.8, 4) is 0 Å². The second-order valence-corrected chi connectivity index (χ2v) is 4.81. The van der Waals surface area contributed by atoms with Crippen LogP contribution in [0.4, 0.5) is 0 Å². The molecule has 2 rings (SSSR count). The van der Waals surface area contributed by atoms with Gasteiger partial charge in [0.1, 0.15) is 0 Å². The molecular weight excluding hydrogens is 188 g/mol. The van der Waals surface area contributed by atoms with Crippen molar-refractivity contribution in [2.24, 2.45) is 7.05 Å². The predicted octanol–water partition coefficient (Wildman–Crippen LogP) is 0.525. The Balaban J connectivity index is 2.31. The van der Waals surface area contributed by atoms with Crippen molar-refractivity contribution in [1.82, 2.24) is 20.4 Å². The number of hydrogen-bond acceptors (Lipinski definition) is 3. The van der Waals surface area contributed by atoms with E-state index in [0.717, 1.165) is 18.8 Å². The molecule has 0 aliphatic carbocycles. The minimum Gasteiger partial charge on any atom is -0.313 e. The summed E-state index contributed by atoms with van der Waals surface area (Å²) < 4.78 is 1.89. The first-order valence-corrected chi connectivity index (χ1v) is 5.50. The maximum Gasteiger partial charge on any atom is 0.0644 e. The molecule has 1 saturated heterocycles. The van der Waals surface area contributed by atoms with E-state index in [0.29, 0.717) is 6.04 Å². The van der Waals surface area contributed by atoms with Crippen molar-refractivity contribution < 1.29 is 0 Å². The molecule has 0 saturated carbocycles. The number of nitrogens with one attached hydrogen (secondary N) is 2. The van der Waals surface area contributed by atoms with E-state index < -0.39 is 0 Å². The van der Waals surface area contributed by atoms with E-state index in [1.54, 1.807) is 0 Å². The monoisotopic (exact) mass is 208 g/mol. The van der Waals surface area contributed by atoms with Crippen LogP contribution >= 0.6 is 0 Å². The molecule has 2 unspecified atom stereocenters.